The third-order valence-electron chi connectivity index (χ3n) is 1.44. The van der Waals surface area contributed by atoms with Gasteiger partial charge in [-0.15, -0.1) is 0 Å². The van der Waals surface area contributed by atoms with Gasteiger partial charge in [-0.05, 0) is 13.0 Å². The number of rotatable bonds is 3. The van der Waals surface area contributed by atoms with Crippen LogP contribution in [-0.2, 0) is 9.59 Å². The second-order valence-electron chi connectivity index (χ2n) is 2.36. The van der Waals surface area contributed by atoms with Crippen molar-refractivity contribution < 1.29 is 9.59 Å². The summed E-state index contributed by atoms with van der Waals surface area (Å²) >= 11 is 0. The van der Waals surface area contributed by atoms with Crippen LogP contribution in [0.3, 0.4) is 0 Å². The zero-order chi connectivity index (χ0) is 8.85. The molecule has 0 radical (unpaired) electrons. The molecule has 4 heteroatoms. The van der Waals surface area contributed by atoms with E-state index in [4.69, 9.17) is 5.73 Å². The van der Waals surface area contributed by atoms with Crippen molar-refractivity contribution >= 4 is 11.8 Å². The van der Waals surface area contributed by atoms with Crippen LogP contribution in [0.4, 0.5) is 0 Å². The average Bonchev–Trinajstić information content (AvgIpc) is 1.98. The van der Waals surface area contributed by atoms with Crippen molar-refractivity contribution in [3.05, 3.63) is 0 Å². The van der Waals surface area contributed by atoms with Crippen molar-refractivity contribution in [2.24, 2.45) is 5.73 Å². The minimum Gasteiger partial charge on any atom is -0.330 e. The molecule has 0 rings (SSSR count). The number of imide groups is 1. The maximum Gasteiger partial charge on any atom is 0.228 e. The second kappa shape index (κ2) is 4.85. The lowest BCUT2D eigenvalue weighted by Crippen LogP contribution is -2.31. The van der Waals surface area contributed by atoms with Crippen LogP contribution in [0.1, 0.15) is 19.8 Å². The van der Waals surface area contributed by atoms with Gasteiger partial charge in [0, 0.05) is 20.4 Å². The van der Waals surface area contributed by atoms with Crippen molar-refractivity contribution in [1.82, 2.24) is 4.90 Å². The minimum absolute atomic E-state index is 0.164. The van der Waals surface area contributed by atoms with Crippen LogP contribution < -0.4 is 5.73 Å². The highest BCUT2D eigenvalue weighted by molar-refractivity contribution is 5.93. The van der Waals surface area contributed by atoms with E-state index in [1.807, 2.05) is 0 Å². The fourth-order valence-electron chi connectivity index (χ4n) is 0.597. The smallest absolute Gasteiger partial charge is 0.228 e. The average molecular weight is 158 g/mol. The molecule has 0 fully saturated rings. The van der Waals surface area contributed by atoms with E-state index < -0.39 is 0 Å². The predicted molar refractivity (Wildman–Crippen MR) is 41.7 cm³/mol. The standard InChI is InChI=1S/C7H14N2O2/c1-6(10)9(2)7(11)4-3-5-8/h3-5,8H2,1-2H3. The van der Waals surface area contributed by atoms with E-state index in [2.05, 4.69) is 0 Å². The van der Waals surface area contributed by atoms with Crippen molar-refractivity contribution in [3.8, 4) is 0 Å². The lowest BCUT2D eigenvalue weighted by molar-refractivity contribution is -0.141. The Morgan fingerprint density at radius 3 is 2.36 bits per heavy atom. The van der Waals surface area contributed by atoms with Crippen molar-refractivity contribution in [3.63, 3.8) is 0 Å². The van der Waals surface area contributed by atoms with Crippen LogP contribution in [-0.4, -0.2) is 30.3 Å². The highest BCUT2D eigenvalue weighted by atomic mass is 16.2. The van der Waals surface area contributed by atoms with Gasteiger partial charge in [0.15, 0.2) is 0 Å². The zero-order valence-electron chi connectivity index (χ0n) is 6.96. The normalized spacial score (nSPS) is 9.36. The summed E-state index contributed by atoms with van der Waals surface area (Å²) in [7, 11) is 1.47. The van der Waals surface area contributed by atoms with E-state index in [9.17, 15) is 9.59 Å². The van der Waals surface area contributed by atoms with E-state index in [-0.39, 0.29) is 11.8 Å². The lowest BCUT2D eigenvalue weighted by Gasteiger charge is -2.11. The molecule has 0 atom stereocenters. The maximum atomic E-state index is 11.0. The van der Waals surface area contributed by atoms with Crippen LogP contribution in [0, 0.1) is 0 Å². The lowest BCUT2D eigenvalue weighted by atomic mass is 10.3. The first-order chi connectivity index (χ1) is 5.09. The molecular formula is C7H14N2O2. The Morgan fingerprint density at radius 2 is 2.00 bits per heavy atom. The first kappa shape index (κ1) is 10.1. The molecule has 64 valence electrons. The van der Waals surface area contributed by atoms with Gasteiger partial charge in [0.1, 0.15) is 0 Å². The Morgan fingerprint density at radius 1 is 1.45 bits per heavy atom. The van der Waals surface area contributed by atoms with Gasteiger partial charge in [-0.2, -0.15) is 0 Å². The first-order valence-corrected chi connectivity index (χ1v) is 3.56. The van der Waals surface area contributed by atoms with Gasteiger partial charge < -0.3 is 5.73 Å². The Hall–Kier alpha value is -0.900. The minimum atomic E-state index is -0.230. The molecular weight excluding hydrogens is 144 g/mol. The molecule has 0 heterocycles. The Bertz CT molecular complexity index is 157. The van der Waals surface area contributed by atoms with E-state index >= 15 is 0 Å². The topological polar surface area (TPSA) is 63.4 Å². The number of amides is 2. The monoisotopic (exact) mass is 158 g/mol. The summed E-state index contributed by atoms with van der Waals surface area (Å²) in [6, 6.07) is 0. The third kappa shape index (κ3) is 3.72. The Balaban J connectivity index is 3.74. The number of nitrogens with zero attached hydrogens (tertiary/aromatic N) is 1. The number of hydrogen-bond acceptors (Lipinski definition) is 3. The van der Waals surface area contributed by atoms with Crippen molar-refractivity contribution in [1.29, 1.82) is 0 Å². The summed E-state index contributed by atoms with van der Waals surface area (Å²) in [5.74, 6) is -0.394. The van der Waals surface area contributed by atoms with Crippen molar-refractivity contribution in [2.45, 2.75) is 19.8 Å². The summed E-state index contributed by atoms with van der Waals surface area (Å²) < 4.78 is 0. The molecule has 0 saturated carbocycles. The van der Waals surface area contributed by atoms with Gasteiger partial charge >= 0.3 is 0 Å². The molecule has 0 aliphatic rings. The maximum absolute atomic E-state index is 11.0. The molecule has 0 spiro atoms. The van der Waals surface area contributed by atoms with Crippen LogP contribution in [0.5, 0.6) is 0 Å². The largest absolute Gasteiger partial charge is 0.330 e. The molecule has 4 nitrogen and oxygen atoms in total. The van der Waals surface area contributed by atoms with E-state index in [0.29, 0.717) is 19.4 Å². The van der Waals surface area contributed by atoms with E-state index in [0.717, 1.165) is 4.90 Å². The number of nitrogens with two attached hydrogens (primary N) is 1. The van der Waals surface area contributed by atoms with E-state index in [1.54, 1.807) is 0 Å². The van der Waals surface area contributed by atoms with Gasteiger partial charge in [0.2, 0.25) is 11.8 Å². The molecule has 2 N–H and O–H groups in total. The van der Waals surface area contributed by atoms with Crippen molar-refractivity contribution in [2.75, 3.05) is 13.6 Å². The molecule has 0 aromatic rings. The molecule has 0 aliphatic carbocycles. The van der Waals surface area contributed by atoms with Gasteiger partial charge in [-0.25, -0.2) is 0 Å². The summed E-state index contributed by atoms with van der Waals surface area (Å²) in [5.41, 5.74) is 5.20. The Kier molecular flexibility index (Phi) is 4.45. The molecule has 0 unspecified atom stereocenters. The SMILES string of the molecule is CC(=O)N(C)C(=O)CCCN. The molecule has 0 aliphatic heterocycles. The van der Waals surface area contributed by atoms with Gasteiger partial charge in [0.25, 0.3) is 0 Å². The molecule has 11 heavy (non-hydrogen) atoms. The van der Waals surface area contributed by atoms with Crippen LogP contribution >= 0.6 is 0 Å². The number of hydrogen-bond donors (Lipinski definition) is 1. The first-order valence-electron chi connectivity index (χ1n) is 3.56. The Labute approximate surface area is 66.4 Å². The highest BCUT2D eigenvalue weighted by Gasteiger charge is 2.10. The molecule has 2 amide bonds. The zero-order valence-corrected chi connectivity index (χ0v) is 6.96. The summed E-state index contributed by atoms with van der Waals surface area (Å²) in [6.45, 7) is 1.85. The van der Waals surface area contributed by atoms with Crippen LogP contribution in [0.2, 0.25) is 0 Å². The summed E-state index contributed by atoms with van der Waals surface area (Å²) in [5, 5.41) is 0. The molecule has 0 saturated heterocycles. The van der Waals surface area contributed by atoms with Crippen LogP contribution in [0.25, 0.3) is 0 Å². The molecule has 0 aromatic carbocycles. The predicted octanol–water partition coefficient (Wildman–Crippen LogP) is -0.270. The second-order valence-corrected chi connectivity index (χ2v) is 2.36. The quantitative estimate of drug-likeness (QED) is 0.615. The number of carbonyl (C=O) groups is 2. The highest BCUT2D eigenvalue weighted by Crippen LogP contribution is 1.93. The molecule has 0 bridgehead atoms. The third-order valence-corrected chi connectivity index (χ3v) is 1.44. The summed E-state index contributed by atoms with van der Waals surface area (Å²) in [4.78, 5) is 22.7. The molecule has 0 aromatic heterocycles. The fourth-order valence-corrected chi connectivity index (χ4v) is 0.597. The van der Waals surface area contributed by atoms with Gasteiger partial charge in [-0.3, -0.25) is 14.5 Å². The van der Waals surface area contributed by atoms with Crippen LogP contribution in [0.15, 0.2) is 0 Å². The number of carbonyl (C=O) groups excluding carboxylic acids is 2. The van der Waals surface area contributed by atoms with E-state index in [1.165, 1.54) is 14.0 Å². The summed E-state index contributed by atoms with van der Waals surface area (Å²) in [6.07, 6.45) is 0.989. The van der Waals surface area contributed by atoms with Gasteiger partial charge in [-0.1, -0.05) is 0 Å². The van der Waals surface area contributed by atoms with Gasteiger partial charge in [0.05, 0.1) is 0 Å². The fraction of sp³-hybridized carbons (Fsp3) is 0.714.